The molecule has 0 bridgehead atoms. The molecule has 4 heteroatoms. The van der Waals surface area contributed by atoms with Crippen LogP contribution in [-0.4, -0.2) is 11.7 Å². The van der Waals surface area contributed by atoms with Crippen molar-refractivity contribution >= 4 is 45.9 Å². The predicted octanol–water partition coefficient (Wildman–Crippen LogP) is 3.55. The SMILES string of the molecule is O=C(CCCl)c1ccc(S)cc1Br. The molecule has 0 aromatic heterocycles. The maximum atomic E-state index is 11.4. The summed E-state index contributed by atoms with van der Waals surface area (Å²) in [5.41, 5.74) is 0.665. The summed E-state index contributed by atoms with van der Waals surface area (Å²) in [5.74, 6) is 0.406. The molecule has 0 unspecified atom stereocenters. The molecule has 0 aliphatic carbocycles. The summed E-state index contributed by atoms with van der Waals surface area (Å²) in [6, 6.07) is 5.33. The molecule has 13 heavy (non-hydrogen) atoms. The second-order valence-corrected chi connectivity index (χ2v) is 4.28. The zero-order valence-corrected chi connectivity index (χ0v) is 9.99. The summed E-state index contributed by atoms with van der Waals surface area (Å²) in [5, 5.41) is 0. The van der Waals surface area contributed by atoms with Crippen molar-refractivity contribution in [3.8, 4) is 0 Å². The molecule has 0 saturated heterocycles. The number of hydrogen-bond acceptors (Lipinski definition) is 2. The van der Waals surface area contributed by atoms with Crippen LogP contribution in [0.3, 0.4) is 0 Å². The molecule has 0 aliphatic rings. The summed E-state index contributed by atoms with van der Waals surface area (Å²) in [4.78, 5) is 12.3. The predicted molar refractivity (Wildman–Crippen MR) is 61.1 cm³/mol. The van der Waals surface area contributed by atoms with Crippen LogP contribution in [0.5, 0.6) is 0 Å². The third-order valence-corrected chi connectivity index (χ3v) is 2.70. The Bertz CT molecular complexity index is 327. The summed E-state index contributed by atoms with van der Waals surface area (Å²) in [7, 11) is 0. The fourth-order valence-corrected chi connectivity index (χ4v) is 2.10. The van der Waals surface area contributed by atoms with Crippen LogP contribution in [0.15, 0.2) is 27.6 Å². The van der Waals surface area contributed by atoms with Gasteiger partial charge in [0, 0.05) is 27.2 Å². The van der Waals surface area contributed by atoms with E-state index in [0.717, 1.165) is 9.37 Å². The summed E-state index contributed by atoms with van der Waals surface area (Å²) >= 11 is 12.9. The molecule has 0 amide bonds. The largest absolute Gasteiger partial charge is 0.294 e. The standard InChI is InChI=1S/C9H8BrClOS/c10-8-5-6(13)1-2-7(8)9(12)3-4-11/h1-2,5,13H,3-4H2. The van der Waals surface area contributed by atoms with Crippen molar-refractivity contribution in [2.45, 2.75) is 11.3 Å². The third-order valence-electron chi connectivity index (χ3n) is 1.57. The Morgan fingerprint density at radius 1 is 1.54 bits per heavy atom. The first-order chi connectivity index (χ1) is 6.15. The Kier molecular flexibility index (Phi) is 4.29. The van der Waals surface area contributed by atoms with Gasteiger partial charge in [-0.2, -0.15) is 0 Å². The zero-order chi connectivity index (χ0) is 9.84. The summed E-state index contributed by atoms with van der Waals surface area (Å²) in [6.45, 7) is 0. The number of thiol groups is 1. The smallest absolute Gasteiger partial charge is 0.165 e. The van der Waals surface area contributed by atoms with Gasteiger partial charge in [-0.1, -0.05) is 15.9 Å². The molecule has 0 radical (unpaired) electrons. The van der Waals surface area contributed by atoms with Crippen molar-refractivity contribution < 1.29 is 4.79 Å². The van der Waals surface area contributed by atoms with E-state index in [0.29, 0.717) is 17.9 Å². The molecule has 0 fully saturated rings. The van der Waals surface area contributed by atoms with Gasteiger partial charge in [-0.25, -0.2) is 0 Å². The second kappa shape index (κ2) is 5.03. The Morgan fingerprint density at radius 3 is 2.77 bits per heavy atom. The number of benzene rings is 1. The first kappa shape index (κ1) is 11.1. The Hall–Kier alpha value is 0.01000. The first-order valence-electron chi connectivity index (χ1n) is 3.73. The Morgan fingerprint density at radius 2 is 2.23 bits per heavy atom. The van der Waals surface area contributed by atoms with Crippen molar-refractivity contribution in [3.63, 3.8) is 0 Å². The minimum atomic E-state index is 0.0511. The van der Waals surface area contributed by atoms with Gasteiger partial charge in [0.1, 0.15) is 0 Å². The van der Waals surface area contributed by atoms with Crippen LogP contribution < -0.4 is 0 Å². The van der Waals surface area contributed by atoms with Crippen molar-refractivity contribution in [1.29, 1.82) is 0 Å². The lowest BCUT2D eigenvalue weighted by atomic mass is 10.1. The van der Waals surface area contributed by atoms with E-state index in [9.17, 15) is 4.79 Å². The van der Waals surface area contributed by atoms with Gasteiger partial charge < -0.3 is 0 Å². The quantitative estimate of drug-likeness (QED) is 0.509. The lowest BCUT2D eigenvalue weighted by Gasteiger charge is -2.02. The molecular formula is C9H8BrClOS. The molecule has 0 atom stereocenters. The number of carbonyl (C=O) groups is 1. The van der Waals surface area contributed by atoms with Crippen LogP contribution in [0.1, 0.15) is 16.8 Å². The van der Waals surface area contributed by atoms with E-state index in [1.54, 1.807) is 18.2 Å². The second-order valence-electron chi connectivity index (χ2n) is 2.53. The molecule has 0 saturated carbocycles. The molecular weight excluding hydrogens is 272 g/mol. The van der Waals surface area contributed by atoms with Crippen LogP contribution in [0.4, 0.5) is 0 Å². The van der Waals surface area contributed by atoms with Crippen molar-refractivity contribution in [2.75, 3.05) is 5.88 Å². The fraction of sp³-hybridized carbons (Fsp3) is 0.222. The van der Waals surface area contributed by atoms with Crippen LogP contribution in [0, 0.1) is 0 Å². The Labute approximate surface area is 96.0 Å². The topological polar surface area (TPSA) is 17.1 Å². The normalized spacial score (nSPS) is 10.1. The molecule has 1 aromatic carbocycles. The average Bonchev–Trinajstić information content (AvgIpc) is 2.04. The lowest BCUT2D eigenvalue weighted by molar-refractivity contribution is 0.0988. The molecule has 0 N–H and O–H groups in total. The minimum absolute atomic E-state index is 0.0511. The highest BCUT2D eigenvalue weighted by atomic mass is 79.9. The van der Waals surface area contributed by atoms with Gasteiger partial charge in [-0.15, -0.1) is 24.2 Å². The van der Waals surface area contributed by atoms with E-state index in [4.69, 9.17) is 11.6 Å². The van der Waals surface area contributed by atoms with E-state index < -0.39 is 0 Å². The van der Waals surface area contributed by atoms with Gasteiger partial charge in [0.05, 0.1) is 0 Å². The monoisotopic (exact) mass is 278 g/mol. The first-order valence-corrected chi connectivity index (χ1v) is 5.50. The minimum Gasteiger partial charge on any atom is -0.294 e. The molecule has 0 spiro atoms. The van der Waals surface area contributed by atoms with Crippen LogP contribution in [0.2, 0.25) is 0 Å². The maximum absolute atomic E-state index is 11.4. The van der Waals surface area contributed by atoms with Gasteiger partial charge in [0.2, 0.25) is 0 Å². The highest BCUT2D eigenvalue weighted by molar-refractivity contribution is 9.10. The molecule has 70 valence electrons. The van der Waals surface area contributed by atoms with Crippen LogP contribution in [-0.2, 0) is 0 Å². The number of ketones is 1. The van der Waals surface area contributed by atoms with Crippen LogP contribution >= 0.6 is 40.2 Å². The fourth-order valence-electron chi connectivity index (χ4n) is 0.951. The number of alkyl halides is 1. The van der Waals surface area contributed by atoms with E-state index in [2.05, 4.69) is 28.6 Å². The number of halogens is 2. The number of hydrogen-bond donors (Lipinski definition) is 1. The van der Waals surface area contributed by atoms with Gasteiger partial charge in [0.15, 0.2) is 5.78 Å². The molecule has 0 aliphatic heterocycles. The number of rotatable bonds is 3. The van der Waals surface area contributed by atoms with Crippen molar-refractivity contribution in [2.24, 2.45) is 0 Å². The van der Waals surface area contributed by atoms with Crippen molar-refractivity contribution in [1.82, 2.24) is 0 Å². The van der Waals surface area contributed by atoms with Gasteiger partial charge in [-0.05, 0) is 18.2 Å². The average molecular weight is 280 g/mol. The number of carbonyl (C=O) groups excluding carboxylic acids is 1. The van der Waals surface area contributed by atoms with E-state index in [-0.39, 0.29) is 5.78 Å². The number of Topliss-reactive ketones (excluding diaryl/α,β-unsaturated/α-hetero) is 1. The van der Waals surface area contributed by atoms with E-state index in [1.807, 2.05) is 0 Å². The highest BCUT2D eigenvalue weighted by Crippen LogP contribution is 2.21. The highest BCUT2D eigenvalue weighted by Gasteiger charge is 2.08. The van der Waals surface area contributed by atoms with Gasteiger partial charge in [-0.3, -0.25) is 4.79 Å². The van der Waals surface area contributed by atoms with E-state index >= 15 is 0 Å². The third kappa shape index (κ3) is 3.01. The zero-order valence-electron chi connectivity index (χ0n) is 6.76. The summed E-state index contributed by atoms with van der Waals surface area (Å²) in [6.07, 6.45) is 0.367. The molecule has 1 rings (SSSR count). The lowest BCUT2D eigenvalue weighted by Crippen LogP contribution is -2.00. The molecule has 1 nitrogen and oxygen atoms in total. The molecule has 0 heterocycles. The van der Waals surface area contributed by atoms with Gasteiger partial charge in [0.25, 0.3) is 0 Å². The maximum Gasteiger partial charge on any atom is 0.165 e. The van der Waals surface area contributed by atoms with Gasteiger partial charge >= 0.3 is 0 Å². The van der Waals surface area contributed by atoms with E-state index in [1.165, 1.54) is 0 Å². The van der Waals surface area contributed by atoms with Crippen LogP contribution in [0.25, 0.3) is 0 Å². The molecule has 1 aromatic rings. The Balaban J connectivity index is 2.95. The summed E-state index contributed by atoms with van der Waals surface area (Å²) < 4.78 is 0.773. The van der Waals surface area contributed by atoms with Crippen molar-refractivity contribution in [3.05, 3.63) is 28.2 Å².